The number of ether oxygens (including phenoxy) is 1. The SMILES string of the molecule is CCOc1cc(C)nc(NCC2(CN)CC2)n1. The van der Waals surface area contributed by atoms with Crippen molar-refractivity contribution < 1.29 is 4.74 Å². The van der Waals surface area contributed by atoms with Crippen molar-refractivity contribution in [3.8, 4) is 5.88 Å². The van der Waals surface area contributed by atoms with Crippen LogP contribution in [0, 0.1) is 12.3 Å². The number of aryl methyl sites for hydroxylation is 1. The fourth-order valence-corrected chi connectivity index (χ4v) is 1.74. The number of hydrogen-bond donors (Lipinski definition) is 2. The number of nitrogens with one attached hydrogen (secondary N) is 1. The maximum absolute atomic E-state index is 5.73. The highest BCUT2D eigenvalue weighted by Gasteiger charge is 2.40. The lowest BCUT2D eigenvalue weighted by atomic mass is 10.1. The summed E-state index contributed by atoms with van der Waals surface area (Å²) >= 11 is 0. The molecule has 17 heavy (non-hydrogen) atoms. The second kappa shape index (κ2) is 4.87. The predicted octanol–water partition coefficient (Wildman–Crippen LogP) is 1.33. The van der Waals surface area contributed by atoms with Crippen LogP contribution < -0.4 is 15.8 Å². The van der Waals surface area contributed by atoms with Crippen LogP contribution in [0.15, 0.2) is 6.07 Å². The Balaban J connectivity index is 2.00. The minimum Gasteiger partial charge on any atom is -0.478 e. The summed E-state index contributed by atoms with van der Waals surface area (Å²) in [5.41, 5.74) is 6.92. The Kier molecular flexibility index (Phi) is 3.47. The van der Waals surface area contributed by atoms with E-state index in [0.717, 1.165) is 18.8 Å². The van der Waals surface area contributed by atoms with Gasteiger partial charge in [-0.1, -0.05) is 0 Å². The fraction of sp³-hybridized carbons (Fsp3) is 0.667. The van der Waals surface area contributed by atoms with E-state index in [4.69, 9.17) is 10.5 Å². The summed E-state index contributed by atoms with van der Waals surface area (Å²) in [6.07, 6.45) is 2.39. The molecule has 5 nitrogen and oxygen atoms in total. The molecule has 1 aromatic heterocycles. The predicted molar refractivity (Wildman–Crippen MR) is 67.1 cm³/mol. The minimum atomic E-state index is 0.277. The van der Waals surface area contributed by atoms with Gasteiger partial charge in [0.05, 0.1) is 6.61 Å². The highest BCUT2D eigenvalue weighted by molar-refractivity contribution is 5.31. The molecule has 0 atom stereocenters. The Labute approximate surface area is 102 Å². The van der Waals surface area contributed by atoms with Crippen molar-refractivity contribution in [2.75, 3.05) is 25.0 Å². The molecule has 0 spiro atoms. The number of aromatic nitrogens is 2. The molecule has 0 bridgehead atoms. The number of anilines is 1. The summed E-state index contributed by atoms with van der Waals surface area (Å²) in [7, 11) is 0. The van der Waals surface area contributed by atoms with Crippen molar-refractivity contribution in [2.45, 2.75) is 26.7 Å². The van der Waals surface area contributed by atoms with E-state index in [0.29, 0.717) is 18.4 Å². The molecule has 0 aliphatic heterocycles. The minimum absolute atomic E-state index is 0.277. The third-order valence-electron chi connectivity index (χ3n) is 3.13. The van der Waals surface area contributed by atoms with Gasteiger partial charge in [0, 0.05) is 18.3 Å². The van der Waals surface area contributed by atoms with Crippen molar-refractivity contribution in [3.05, 3.63) is 11.8 Å². The summed E-state index contributed by atoms with van der Waals surface area (Å²) in [4.78, 5) is 8.64. The van der Waals surface area contributed by atoms with Crippen LogP contribution in [0.5, 0.6) is 5.88 Å². The van der Waals surface area contributed by atoms with Gasteiger partial charge in [0.15, 0.2) is 0 Å². The van der Waals surface area contributed by atoms with E-state index in [-0.39, 0.29) is 5.41 Å². The maximum atomic E-state index is 5.73. The smallest absolute Gasteiger partial charge is 0.226 e. The lowest BCUT2D eigenvalue weighted by Gasteiger charge is -2.14. The normalized spacial score (nSPS) is 16.6. The van der Waals surface area contributed by atoms with Crippen molar-refractivity contribution in [1.29, 1.82) is 0 Å². The second-order valence-electron chi connectivity index (χ2n) is 4.66. The zero-order valence-electron chi connectivity index (χ0n) is 10.5. The van der Waals surface area contributed by atoms with Gasteiger partial charge in [-0.25, -0.2) is 4.98 Å². The van der Waals surface area contributed by atoms with Crippen LogP contribution in [0.4, 0.5) is 5.95 Å². The first-order chi connectivity index (χ1) is 8.17. The largest absolute Gasteiger partial charge is 0.478 e. The Bertz CT molecular complexity index is 390. The average Bonchev–Trinajstić information content (AvgIpc) is 3.07. The molecule has 0 unspecified atom stereocenters. The van der Waals surface area contributed by atoms with Gasteiger partial charge in [0.1, 0.15) is 0 Å². The quantitative estimate of drug-likeness (QED) is 0.779. The van der Waals surface area contributed by atoms with E-state index in [1.165, 1.54) is 12.8 Å². The van der Waals surface area contributed by atoms with Gasteiger partial charge in [0.25, 0.3) is 0 Å². The van der Waals surface area contributed by atoms with Gasteiger partial charge in [-0.15, -0.1) is 0 Å². The molecule has 94 valence electrons. The summed E-state index contributed by atoms with van der Waals surface area (Å²) in [6.45, 7) is 6.06. The Morgan fingerprint density at radius 3 is 2.82 bits per heavy atom. The molecule has 2 rings (SSSR count). The third kappa shape index (κ3) is 3.06. The van der Waals surface area contributed by atoms with Crippen LogP contribution in [-0.2, 0) is 0 Å². The van der Waals surface area contributed by atoms with E-state index in [1.807, 2.05) is 19.9 Å². The van der Waals surface area contributed by atoms with Crippen LogP contribution in [-0.4, -0.2) is 29.7 Å². The van der Waals surface area contributed by atoms with Crippen molar-refractivity contribution in [2.24, 2.45) is 11.1 Å². The zero-order chi connectivity index (χ0) is 12.3. The van der Waals surface area contributed by atoms with Crippen LogP contribution in [0.1, 0.15) is 25.5 Å². The van der Waals surface area contributed by atoms with Gasteiger partial charge in [0.2, 0.25) is 11.8 Å². The van der Waals surface area contributed by atoms with Crippen molar-refractivity contribution in [1.82, 2.24) is 9.97 Å². The first kappa shape index (κ1) is 12.1. The molecule has 1 heterocycles. The molecule has 5 heteroatoms. The standard InChI is InChI=1S/C12H20N4O/c1-3-17-10-6-9(2)15-11(16-10)14-8-12(7-13)4-5-12/h6H,3-5,7-8,13H2,1-2H3,(H,14,15,16). The summed E-state index contributed by atoms with van der Waals surface area (Å²) in [6, 6.07) is 1.84. The Morgan fingerprint density at radius 2 is 2.24 bits per heavy atom. The zero-order valence-corrected chi connectivity index (χ0v) is 10.5. The average molecular weight is 236 g/mol. The molecule has 1 aliphatic rings. The van der Waals surface area contributed by atoms with E-state index in [2.05, 4.69) is 15.3 Å². The van der Waals surface area contributed by atoms with Gasteiger partial charge in [-0.3, -0.25) is 0 Å². The fourth-order valence-electron chi connectivity index (χ4n) is 1.74. The Hall–Kier alpha value is -1.36. The van der Waals surface area contributed by atoms with E-state index in [9.17, 15) is 0 Å². The van der Waals surface area contributed by atoms with Crippen LogP contribution >= 0.6 is 0 Å². The first-order valence-corrected chi connectivity index (χ1v) is 6.10. The lowest BCUT2D eigenvalue weighted by Crippen LogP contribution is -2.25. The molecule has 1 saturated carbocycles. The summed E-state index contributed by atoms with van der Waals surface area (Å²) in [5, 5.41) is 3.26. The summed E-state index contributed by atoms with van der Waals surface area (Å²) in [5.74, 6) is 1.26. The third-order valence-corrected chi connectivity index (χ3v) is 3.13. The monoisotopic (exact) mass is 236 g/mol. The number of rotatable bonds is 6. The number of nitrogens with two attached hydrogens (primary N) is 1. The van der Waals surface area contributed by atoms with Gasteiger partial charge < -0.3 is 15.8 Å². The van der Waals surface area contributed by atoms with Gasteiger partial charge >= 0.3 is 0 Å². The van der Waals surface area contributed by atoms with Crippen LogP contribution in [0.3, 0.4) is 0 Å². The molecular weight excluding hydrogens is 216 g/mol. The molecule has 1 aromatic rings. The van der Waals surface area contributed by atoms with E-state index >= 15 is 0 Å². The lowest BCUT2D eigenvalue weighted by molar-refractivity contribution is 0.326. The maximum Gasteiger partial charge on any atom is 0.226 e. The van der Waals surface area contributed by atoms with Crippen LogP contribution in [0.2, 0.25) is 0 Å². The van der Waals surface area contributed by atoms with Gasteiger partial charge in [-0.05, 0) is 38.6 Å². The highest BCUT2D eigenvalue weighted by Crippen LogP contribution is 2.44. The van der Waals surface area contributed by atoms with Crippen molar-refractivity contribution in [3.63, 3.8) is 0 Å². The number of hydrogen-bond acceptors (Lipinski definition) is 5. The van der Waals surface area contributed by atoms with Crippen molar-refractivity contribution >= 4 is 5.95 Å². The van der Waals surface area contributed by atoms with E-state index in [1.54, 1.807) is 0 Å². The van der Waals surface area contributed by atoms with Crippen LogP contribution in [0.25, 0.3) is 0 Å². The molecule has 0 aromatic carbocycles. The topological polar surface area (TPSA) is 73.1 Å². The first-order valence-electron chi connectivity index (χ1n) is 6.10. The molecule has 0 saturated heterocycles. The Morgan fingerprint density at radius 1 is 1.47 bits per heavy atom. The molecule has 1 fully saturated rings. The highest BCUT2D eigenvalue weighted by atomic mass is 16.5. The van der Waals surface area contributed by atoms with E-state index < -0.39 is 0 Å². The molecular formula is C12H20N4O. The summed E-state index contributed by atoms with van der Waals surface area (Å²) < 4.78 is 5.39. The second-order valence-corrected chi connectivity index (χ2v) is 4.66. The molecule has 3 N–H and O–H groups in total. The molecule has 0 amide bonds. The van der Waals surface area contributed by atoms with Gasteiger partial charge in [-0.2, -0.15) is 4.98 Å². The number of nitrogens with zero attached hydrogens (tertiary/aromatic N) is 2. The molecule has 1 aliphatic carbocycles. The molecule has 0 radical (unpaired) electrons.